The molecule has 0 aliphatic carbocycles. The van der Waals surface area contributed by atoms with Crippen molar-refractivity contribution >= 4 is 17.3 Å². The number of pyridine rings is 1. The van der Waals surface area contributed by atoms with Gasteiger partial charge in [0.1, 0.15) is 5.82 Å². The number of rotatable bonds is 3. The first kappa shape index (κ1) is 13.3. The number of aromatic nitrogens is 1. The molecule has 0 N–H and O–H groups in total. The Kier molecular flexibility index (Phi) is 3.65. The van der Waals surface area contributed by atoms with Gasteiger partial charge in [0.15, 0.2) is 5.78 Å². The molecule has 0 unspecified atom stereocenters. The van der Waals surface area contributed by atoms with E-state index in [2.05, 4.69) is 37.0 Å². The lowest BCUT2D eigenvalue weighted by Crippen LogP contribution is -2.12. The van der Waals surface area contributed by atoms with E-state index in [0.717, 1.165) is 11.5 Å². The van der Waals surface area contributed by atoms with E-state index in [9.17, 15) is 4.79 Å². The topological polar surface area (TPSA) is 33.2 Å². The van der Waals surface area contributed by atoms with Crippen LogP contribution in [0.15, 0.2) is 36.5 Å². The summed E-state index contributed by atoms with van der Waals surface area (Å²) in [6.45, 7) is 5.71. The van der Waals surface area contributed by atoms with Crippen LogP contribution in [0, 0.1) is 13.8 Å². The lowest BCUT2D eigenvalue weighted by atomic mass is 10.1. The van der Waals surface area contributed by atoms with Gasteiger partial charge in [0.2, 0.25) is 0 Å². The summed E-state index contributed by atoms with van der Waals surface area (Å²) in [7, 11) is 1.98. The zero-order chi connectivity index (χ0) is 14.0. The molecule has 0 aliphatic heterocycles. The van der Waals surface area contributed by atoms with E-state index in [4.69, 9.17) is 0 Å². The third-order valence-corrected chi connectivity index (χ3v) is 3.21. The molecule has 0 aliphatic rings. The van der Waals surface area contributed by atoms with E-state index in [1.54, 1.807) is 13.1 Å². The molecular formula is C16H18N2O. The van der Waals surface area contributed by atoms with E-state index in [0.29, 0.717) is 5.56 Å². The van der Waals surface area contributed by atoms with Gasteiger partial charge >= 0.3 is 0 Å². The van der Waals surface area contributed by atoms with Gasteiger partial charge in [-0.1, -0.05) is 17.7 Å². The third-order valence-electron chi connectivity index (χ3n) is 3.21. The number of carbonyl (C=O) groups is 1. The van der Waals surface area contributed by atoms with Crippen LogP contribution < -0.4 is 4.90 Å². The third kappa shape index (κ3) is 2.81. The van der Waals surface area contributed by atoms with E-state index in [1.807, 2.05) is 24.1 Å². The summed E-state index contributed by atoms with van der Waals surface area (Å²) < 4.78 is 0. The van der Waals surface area contributed by atoms with Gasteiger partial charge in [-0.2, -0.15) is 0 Å². The van der Waals surface area contributed by atoms with Crippen LogP contribution in [0.3, 0.4) is 0 Å². The van der Waals surface area contributed by atoms with Crippen LogP contribution in [0.25, 0.3) is 0 Å². The zero-order valence-corrected chi connectivity index (χ0v) is 11.8. The highest BCUT2D eigenvalue weighted by Gasteiger charge is 2.09. The lowest BCUT2D eigenvalue weighted by Gasteiger charge is -2.21. The molecule has 19 heavy (non-hydrogen) atoms. The molecule has 2 rings (SSSR count). The smallest absolute Gasteiger partial charge is 0.161 e. The first-order valence-corrected chi connectivity index (χ1v) is 6.27. The van der Waals surface area contributed by atoms with Crippen molar-refractivity contribution in [2.24, 2.45) is 0 Å². The highest BCUT2D eigenvalue weighted by Crippen LogP contribution is 2.25. The fourth-order valence-electron chi connectivity index (χ4n) is 2.10. The van der Waals surface area contributed by atoms with Crippen molar-refractivity contribution in [1.29, 1.82) is 0 Å². The van der Waals surface area contributed by atoms with Crippen molar-refractivity contribution < 1.29 is 4.79 Å². The molecule has 3 nitrogen and oxygen atoms in total. The van der Waals surface area contributed by atoms with Crippen LogP contribution >= 0.6 is 0 Å². The molecule has 0 amide bonds. The van der Waals surface area contributed by atoms with Gasteiger partial charge in [0.05, 0.1) is 0 Å². The molecule has 0 saturated heterocycles. The molecule has 98 valence electrons. The molecule has 0 radical (unpaired) electrons. The normalized spacial score (nSPS) is 10.3. The number of ketones is 1. The predicted octanol–water partition coefficient (Wildman–Crippen LogP) is 3.67. The number of carbonyl (C=O) groups excluding carboxylic acids is 1. The minimum Gasteiger partial charge on any atom is -0.329 e. The van der Waals surface area contributed by atoms with E-state index in [-0.39, 0.29) is 5.78 Å². The number of benzene rings is 1. The molecule has 1 aromatic heterocycles. The molecule has 3 heteroatoms. The van der Waals surface area contributed by atoms with Crippen molar-refractivity contribution in [3.05, 3.63) is 53.2 Å². The van der Waals surface area contributed by atoms with Gasteiger partial charge in [0.25, 0.3) is 0 Å². The van der Waals surface area contributed by atoms with E-state index >= 15 is 0 Å². The van der Waals surface area contributed by atoms with Crippen molar-refractivity contribution in [3.63, 3.8) is 0 Å². The van der Waals surface area contributed by atoms with Crippen LogP contribution in [0.4, 0.5) is 11.5 Å². The second-order valence-corrected chi connectivity index (χ2v) is 4.81. The first-order chi connectivity index (χ1) is 8.99. The lowest BCUT2D eigenvalue weighted by molar-refractivity contribution is 0.101. The molecule has 0 spiro atoms. The Labute approximate surface area is 113 Å². The summed E-state index contributed by atoms with van der Waals surface area (Å²) >= 11 is 0. The summed E-state index contributed by atoms with van der Waals surface area (Å²) in [4.78, 5) is 17.6. The Bertz CT molecular complexity index is 603. The van der Waals surface area contributed by atoms with Gasteiger partial charge in [-0.3, -0.25) is 4.79 Å². The van der Waals surface area contributed by atoms with Crippen molar-refractivity contribution in [3.8, 4) is 0 Å². The zero-order valence-electron chi connectivity index (χ0n) is 11.8. The quantitative estimate of drug-likeness (QED) is 0.783. The number of hydrogen-bond acceptors (Lipinski definition) is 3. The summed E-state index contributed by atoms with van der Waals surface area (Å²) in [6.07, 6.45) is 1.62. The molecule has 0 saturated carbocycles. The first-order valence-electron chi connectivity index (χ1n) is 6.27. The maximum Gasteiger partial charge on any atom is 0.161 e. The van der Waals surface area contributed by atoms with Gasteiger partial charge in [-0.25, -0.2) is 4.98 Å². The minimum atomic E-state index is 0.0354. The molecule has 1 aromatic carbocycles. The average Bonchev–Trinajstić information content (AvgIpc) is 2.38. The van der Waals surface area contributed by atoms with Crippen LogP contribution in [0.2, 0.25) is 0 Å². The molecular weight excluding hydrogens is 236 g/mol. The second kappa shape index (κ2) is 5.22. The second-order valence-electron chi connectivity index (χ2n) is 4.81. The highest BCUT2D eigenvalue weighted by molar-refractivity contribution is 5.93. The number of anilines is 2. The van der Waals surface area contributed by atoms with Crippen molar-refractivity contribution in [2.75, 3.05) is 11.9 Å². The van der Waals surface area contributed by atoms with Gasteiger partial charge in [-0.15, -0.1) is 0 Å². The molecule has 0 bridgehead atoms. The number of aryl methyl sites for hydroxylation is 2. The van der Waals surface area contributed by atoms with Crippen molar-refractivity contribution in [1.82, 2.24) is 4.98 Å². The maximum absolute atomic E-state index is 11.2. The Balaban J connectivity index is 2.33. The summed E-state index contributed by atoms with van der Waals surface area (Å²) in [6, 6.07) is 10.0. The Hall–Kier alpha value is -2.16. The Morgan fingerprint density at radius 2 is 1.89 bits per heavy atom. The van der Waals surface area contributed by atoms with Crippen LogP contribution in [-0.4, -0.2) is 17.8 Å². The minimum absolute atomic E-state index is 0.0354. The summed E-state index contributed by atoms with van der Waals surface area (Å²) in [5.74, 6) is 0.866. The van der Waals surface area contributed by atoms with Crippen LogP contribution in [0.1, 0.15) is 28.4 Å². The summed E-state index contributed by atoms with van der Waals surface area (Å²) in [5.41, 5.74) is 4.21. The van der Waals surface area contributed by atoms with Crippen LogP contribution in [0.5, 0.6) is 0 Å². The molecule has 2 aromatic rings. The van der Waals surface area contributed by atoms with E-state index in [1.165, 1.54) is 11.1 Å². The fourth-order valence-corrected chi connectivity index (χ4v) is 2.10. The van der Waals surface area contributed by atoms with Gasteiger partial charge in [-0.05, 0) is 44.5 Å². The fraction of sp³-hybridized carbons (Fsp3) is 0.250. The van der Waals surface area contributed by atoms with Gasteiger partial charge in [0, 0.05) is 24.5 Å². The number of nitrogens with zero attached hydrogens (tertiary/aromatic N) is 2. The monoisotopic (exact) mass is 254 g/mol. The standard InChI is InChI=1S/C16H18N2O/c1-11-5-7-15(12(2)9-11)18(4)16-8-6-14(10-17-16)13(3)19/h5-10H,1-4H3. The predicted molar refractivity (Wildman–Crippen MR) is 78.2 cm³/mol. The summed E-state index contributed by atoms with van der Waals surface area (Å²) in [5, 5.41) is 0. The molecule has 0 fully saturated rings. The molecule has 1 heterocycles. The van der Waals surface area contributed by atoms with Gasteiger partial charge < -0.3 is 4.90 Å². The average molecular weight is 254 g/mol. The highest BCUT2D eigenvalue weighted by atomic mass is 16.1. The number of Topliss-reactive ketones (excluding diaryl/α,β-unsaturated/α-hetero) is 1. The Morgan fingerprint density at radius 3 is 2.42 bits per heavy atom. The largest absolute Gasteiger partial charge is 0.329 e. The molecule has 0 atom stereocenters. The van der Waals surface area contributed by atoms with Crippen molar-refractivity contribution in [2.45, 2.75) is 20.8 Å². The van der Waals surface area contributed by atoms with E-state index < -0.39 is 0 Å². The maximum atomic E-state index is 11.2. The SMILES string of the molecule is CC(=O)c1ccc(N(C)c2ccc(C)cc2C)nc1. The van der Waals surface area contributed by atoms with Crippen LogP contribution in [-0.2, 0) is 0 Å². The Morgan fingerprint density at radius 1 is 1.16 bits per heavy atom. The number of hydrogen-bond donors (Lipinski definition) is 0.